The summed E-state index contributed by atoms with van der Waals surface area (Å²) >= 11 is 0. The fraction of sp³-hybridized carbons (Fsp3) is 0.909. The molecule has 0 atom stereocenters. The molecule has 2 saturated heterocycles. The van der Waals surface area contributed by atoms with Crippen LogP contribution in [-0.4, -0.2) is 61.6 Å². The summed E-state index contributed by atoms with van der Waals surface area (Å²) in [6, 6.07) is 0. The van der Waals surface area contributed by atoms with Gasteiger partial charge >= 0.3 is 5.97 Å². The molecule has 2 aliphatic rings. The zero-order chi connectivity index (χ0) is 13.9. The Bertz CT molecular complexity index is 418. The first kappa shape index (κ1) is 14.7. The van der Waals surface area contributed by atoms with Gasteiger partial charge in [-0.3, -0.25) is 4.79 Å². The quantitative estimate of drug-likeness (QED) is 0.768. The predicted octanol–water partition coefficient (Wildman–Crippen LogP) is 0.0199. The smallest absolute Gasteiger partial charge is 0.303 e. The van der Waals surface area contributed by atoms with E-state index in [2.05, 4.69) is 0 Å². The van der Waals surface area contributed by atoms with Crippen molar-refractivity contribution < 1.29 is 27.8 Å². The van der Waals surface area contributed by atoms with E-state index in [0.717, 1.165) is 0 Å². The number of ether oxygens (including phenoxy) is 2. The maximum Gasteiger partial charge on any atom is 0.303 e. The van der Waals surface area contributed by atoms with Crippen LogP contribution in [0.25, 0.3) is 0 Å². The third-order valence-electron chi connectivity index (χ3n) is 3.48. The Balaban J connectivity index is 1.84. The number of carbonyl (C=O) groups is 1. The molecule has 0 saturated carbocycles. The van der Waals surface area contributed by atoms with Gasteiger partial charge < -0.3 is 14.6 Å². The second kappa shape index (κ2) is 5.74. The number of carboxylic acid groups (broad SMARTS) is 1. The van der Waals surface area contributed by atoms with E-state index in [1.165, 1.54) is 4.31 Å². The van der Waals surface area contributed by atoms with Gasteiger partial charge in [-0.15, -0.1) is 0 Å². The van der Waals surface area contributed by atoms with Gasteiger partial charge in [0.25, 0.3) is 0 Å². The fourth-order valence-electron chi connectivity index (χ4n) is 2.43. The summed E-state index contributed by atoms with van der Waals surface area (Å²) in [6.45, 7) is 1.86. The number of aliphatic carboxylic acids is 1. The van der Waals surface area contributed by atoms with Crippen molar-refractivity contribution in [2.45, 2.75) is 31.5 Å². The molecule has 8 heteroatoms. The minimum absolute atomic E-state index is 0.117. The van der Waals surface area contributed by atoms with Crippen LogP contribution < -0.4 is 0 Å². The van der Waals surface area contributed by atoms with Crippen LogP contribution >= 0.6 is 0 Å². The van der Waals surface area contributed by atoms with Crippen LogP contribution in [0.4, 0.5) is 0 Å². The summed E-state index contributed by atoms with van der Waals surface area (Å²) in [7, 11) is -3.37. The number of hydrogen-bond donors (Lipinski definition) is 1. The van der Waals surface area contributed by atoms with Crippen molar-refractivity contribution in [3.63, 3.8) is 0 Å². The normalized spacial score (nSPS) is 23.8. The number of rotatable bonds is 5. The first-order chi connectivity index (χ1) is 8.94. The van der Waals surface area contributed by atoms with Crippen LogP contribution in [0.2, 0.25) is 0 Å². The highest BCUT2D eigenvalue weighted by molar-refractivity contribution is 7.89. The molecule has 2 rings (SSSR count). The zero-order valence-electron chi connectivity index (χ0n) is 10.7. The molecule has 0 bridgehead atoms. The lowest BCUT2D eigenvalue weighted by Crippen LogP contribution is -2.47. The highest BCUT2D eigenvalue weighted by Crippen LogP contribution is 2.32. The van der Waals surface area contributed by atoms with Gasteiger partial charge in [0.2, 0.25) is 10.0 Å². The number of sulfonamides is 1. The summed E-state index contributed by atoms with van der Waals surface area (Å²) in [5.74, 6) is -1.68. The van der Waals surface area contributed by atoms with Gasteiger partial charge in [0, 0.05) is 32.4 Å². The minimum Gasteiger partial charge on any atom is -0.481 e. The lowest BCUT2D eigenvalue weighted by Gasteiger charge is -2.36. The summed E-state index contributed by atoms with van der Waals surface area (Å²) in [4.78, 5) is 10.4. The van der Waals surface area contributed by atoms with Crippen molar-refractivity contribution >= 4 is 16.0 Å². The van der Waals surface area contributed by atoms with E-state index in [4.69, 9.17) is 14.6 Å². The van der Waals surface area contributed by atoms with Crippen molar-refractivity contribution in [2.24, 2.45) is 0 Å². The monoisotopic (exact) mass is 293 g/mol. The third-order valence-corrected chi connectivity index (χ3v) is 5.44. The van der Waals surface area contributed by atoms with Gasteiger partial charge in [-0.25, -0.2) is 12.7 Å². The van der Waals surface area contributed by atoms with E-state index >= 15 is 0 Å². The SMILES string of the molecule is O=C(O)CCCS(=O)(=O)N1CCC2(CC1)OCCO2. The van der Waals surface area contributed by atoms with Gasteiger partial charge in [0.1, 0.15) is 0 Å². The van der Waals surface area contributed by atoms with Crippen molar-refractivity contribution in [1.82, 2.24) is 4.31 Å². The molecule has 0 radical (unpaired) electrons. The molecule has 0 aromatic carbocycles. The van der Waals surface area contributed by atoms with E-state index in [1.807, 2.05) is 0 Å². The Morgan fingerprint density at radius 1 is 1.21 bits per heavy atom. The van der Waals surface area contributed by atoms with Crippen LogP contribution in [-0.2, 0) is 24.3 Å². The van der Waals surface area contributed by atoms with E-state index < -0.39 is 21.8 Å². The highest BCUT2D eigenvalue weighted by Gasteiger charge is 2.42. The molecular weight excluding hydrogens is 274 g/mol. The van der Waals surface area contributed by atoms with Crippen molar-refractivity contribution in [2.75, 3.05) is 32.1 Å². The molecule has 0 aromatic heterocycles. The fourth-order valence-corrected chi connectivity index (χ4v) is 3.93. The van der Waals surface area contributed by atoms with Gasteiger partial charge in [0.05, 0.1) is 19.0 Å². The number of carboxylic acids is 1. The average Bonchev–Trinajstić information content (AvgIpc) is 2.77. The highest BCUT2D eigenvalue weighted by atomic mass is 32.2. The topological polar surface area (TPSA) is 93.1 Å². The predicted molar refractivity (Wildman–Crippen MR) is 66.1 cm³/mol. The Morgan fingerprint density at radius 3 is 2.32 bits per heavy atom. The first-order valence-electron chi connectivity index (χ1n) is 6.41. The standard InChI is InChI=1S/C11H19NO6S/c13-10(14)2-1-9-19(15,16)12-5-3-11(4-6-12)17-7-8-18-11/h1-9H2,(H,13,14). The summed E-state index contributed by atoms with van der Waals surface area (Å²) in [5.41, 5.74) is 0. The molecule has 1 N–H and O–H groups in total. The van der Waals surface area contributed by atoms with Gasteiger partial charge in [0.15, 0.2) is 5.79 Å². The second-order valence-corrected chi connectivity index (χ2v) is 6.91. The molecule has 0 aliphatic carbocycles. The summed E-state index contributed by atoms with van der Waals surface area (Å²) in [5, 5.41) is 8.52. The summed E-state index contributed by atoms with van der Waals surface area (Å²) < 4.78 is 36.5. The lowest BCUT2D eigenvalue weighted by molar-refractivity contribution is -0.179. The first-order valence-corrected chi connectivity index (χ1v) is 8.02. The maximum absolute atomic E-state index is 12.0. The average molecular weight is 293 g/mol. The molecule has 2 heterocycles. The van der Waals surface area contributed by atoms with Crippen molar-refractivity contribution in [3.05, 3.63) is 0 Å². The van der Waals surface area contributed by atoms with Gasteiger partial charge in [-0.05, 0) is 6.42 Å². The van der Waals surface area contributed by atoms with Crippen LogP contribution in [0.1, 0.15) is 25.7 Å². The van der Waals surface area contributed by atoms with E-state index in [9.17, 15) is 13.2 Å². The Kier molecular flexibility index (Phi) is 4.44. The minimum atomic E-state index is -3.37. The van der Waals surface area contributed by atoms with Gasteiger partial charge in [-0.2, -0.15) is 0 Å². The van der Waals surface area contributed by atoms with Crippen LogP contribution in [0.3, 0.4) is 0 Å². The van der Waals surface area contributed by atoms with E-state index in [-0.39, 0.29) is 18.6 Å². The molecule has 19 heavy (non-hydrogen) atoms. The van der Waals surface area contributed by atoms with Crippen LogP contribution in [0.5, 0.6) is 0 Å². The molecule has 1 spiro atoms. The molecule has 0 amide bonds. The molecular formula is C11H19NO6S. The van der Waals surface area contributed by atoms with E-state index in [1.54, 1.807) is 0 Å². The maximum atomic E-state index is 12.0. The Morgan fingerprint density at radius 2 is 1.79 bits per heavy atom. The van der Waals surface area contributed by atoms with Crippen molar-refractivity contribution in [3.8, 4) is 0 Å². The zero-order valence-corrected chi connectivity index (χ0v) is 11.5. The molecule has 0 aromatic rings. The van der Waals surface area contributed by atoms with E-state index in [0.29, 0.717) is 39.1 Å². The Hall–Kier alpha value is -0.700. The molecule has 2 fully saturated rings. The summed E-state index contributed by atoms with van der Waals surface area (Å²) in [6.07, 6.45) is 1.09. The Labute approximate surface area is 112 Å². The lowest BCUT2D eigenvalue weighted by atomic mass is 10.1. The molecule has 0 unspecified atom stereocenters. The van der Waals surface area contributed by atoms with Crippen LogP contribution in [0.15, 0.2) is 0 Å². The van der Waals surface area contributed by atoms with Gasteiger partial charge in [-0.1, -0.05) is 0 Å². The van der Waals surface area contributed by atoms with Crippen LogP contribution in [0, 0.1) is 0 Å². The number of piperidine rings is 1. The van der Waals surface area contributed by atoms with Crippen molar-refractivity contribution in [1.29, 1.82) is 0 Å². The number of hydrogen-bond acceptors (Lipinski definition) is 5. The number of nitrogens with zero attached hydrogens (tertiary/aromatic N) is 1. The second-order valence-electron chi connectivity index (χ2n) is 4.82. The molecule has 110 valence electrons. The molecule has 2 aliphatic heterocycles. The molecule has 7 nitrogen and oxygen atoms in total. The largest absolute Gasteiger partial charge is 0.481 e. The third kappa shape index (κ3) is 3.65.